The average Bonchev–Trinajstić information content (AvgIpc) is 2.64. The molecule has 2 aromatic carbocycles. The molecule has 3 aromatic rings. The third kappa shape index (κ3) is 5.27. The standard InChI is InChI=1S/C21H16ClNO2/c1-16(7-9-18-10-8-17(22)15-23-18)24-20-11-13-21(14-12-20)25-19-5-3-2-4-6-19/h2-6,8,10-16H,1H3. The van der Waals surface area contributed by atoms with Crippen molar-refractivity contribution in [2.24, 2.45) is 0 Å². The molecule has 0 saturated heterocycles. The smallest absolute Gasteiger partial charge is 0.156 e. The summed E-state index contributed by atoms with van der Waals surface area (Å²) in [6.07, 6.45) is 1.31. The Bertz CT molecular complexity index is 866. The van der Waals surface area contributed by atoms with Crippen LogP contribution < -0.4 is 9.47 Å². The van der Waals surface area contributed by atoms with Crippen LogP contribution in [0.5, 0.6) is 17.2 Å². The van der Waals surface area contributed by atoms with E-state index in [-0.39, 0.29) is 6.10 Å². The molecule has 1 atom stereocenters. The van der Waals surface area contributed by atoms with Gasteiger partial charge in [-0.25, -0.2) is 4.98 Å². The molecule has 3 nitrogen and oxygen atoms in total. The molecule has 0 amide bonds. The van der Waals surface area contributed by atoms with Gasteiger partial charge in [-0.1, -0.05) is 35.7 Å². The summed E-state index contributed by atoms with van der Waals surface area (Å²) in [6, 6.07) is 20.6. The van der Waals surface area contributed by atoms with Gasteiger partial charge in [0, 0.05) is 6.20 Å². The van der Waals surface area contributed by atoms with E-state index in [1.54, 1.807) is 18.3 Å². The van der Waals surface area contributed by atoms with Crippen LogP contribution in [0.4, 0.5) is 0 Å². The molecule has 0 aliphatic heterocycles. The zero-order valence-electron chi connectivity index (χ0n) is 13.6. The van der Waals surface area contributed by atoms with Crippen LogP contribution in [0.1, 0.15) is 12.6 Å². The van der Waals surface area contributed by atoms with Gasteiger partial charge in [-0.15, -0.1) is 0 Å². The van der Waals surface area contributed by atoms with Crippen molar-refractivity contribution in [1.82, 2.24) is 4.98 Å². The van der Waals surface area contributed by atoms with Crippen molar-refractivity contribution >= 4 is 11.6 Å². The number of hydrogen-bond acceptors (Lipinski definition) is 3. The fraction of sp³-hybridized carbons (Fsp3) is 0.0952. The Labute approximate surface area is 152 Å². The normalized spacial score (nSPS) is 11.1. The largest absolute Gasteiger partial charge is 0.478 e. The van der Waals surface area contributed by atoms with Crippen molar-refractivity contribution < 1.29 is 9.47 Å². The number of ether oxygens (including phenoxy) is 2. The number of para-hydroxylation sites is 1. The van der Waals surface area contributed by atoms with Crippen molar-refractivity contribution in [2.45, 2.75) is 13.0 Å². The van der Waals surface area contributed by atoms with Crippen LogP contribution in [0.25, 0.3) is 0 Å². The molecule has 124 valence electrons. The summed E-state index contributed by atoms with van der Waals surface area (Å²) in [4.78, 5) is 4.13. The Kier molecular flexibility index (Phi) is 5.56. The first kappa shape index (κ1) is 16.9. The lowest BCUT2D eigenvalue weighted by Crippen LogP contribution is -2.08. The van der Waals surface area contributed by atoms with Gasteiger partial charge < -0.3 is 9.47 Å². The highest BCUT2D eigenvalue weighted by molar-refractivity contribution is 6.30. The molecular weight excluding hydrogens is 334 g/mol. The lowest BCUT2D eigenvalue weighted by atomic mass is 10.3. The number of aromatic nitrogens is 1. The molecule has 1 heterocycles. The highest BCUT2D eigenvalue weighted by atomic mass is 35.5. The van der Waals surface area contributed by atoms with Gasteiger partial charge in [0.1, 0.15) is 22.9 Å². The van der Waals surface area contributed by atoms with Crippen LogP contribution in [0.15, 0.2) is 72.9 Å². The number of hydrogen-bond donors (Lipinski definition) is 0. The first-order valence-electron chi connectivity index (χ1n) is 7.82. The van der Waals surface area contributed by atoms with Crippen molar-refractivity contribution in [2.75, 3.05) is 0 Å². The zero-order valence-corrected chi connectivity index (χ0v) is 14.4. The van der Waals surface area contributed by atoms with E-state index in [1.165, 1.54) is 0 Å². The molecule has 0 spiro atoms. The van der Waals surface area contributed by atoms with Gasteiger partial charge in [-0.3, -0.25) is 0 Å². The Hall–Kier alpha value is -2.96. The van der Waals surface area contributed by atoms with E-state index in [0.717, 1.165) is 17.2 Å². The summed E-state index contributed by atoms with van der Waals surface area (Å²) >= 11 is 5.80. The molecule has 0 saturated carbocycles. The van der Waals surface area contributed by atoms with Gasteiger partial charge in [0.2, 0.25) is 0 Å². The number of benzene rings is 2. The van der Waals surface area contributed by atoms with Crippen LogP contribution in [-0.4, -0.2) is 11.1 Å². The third-order valence-electron chi connectivity index (χ3n) is 3.25. The number of rotatable bonds is 4. The van der Waals surface area contributed by atoms with Crippen LogP contribution in [0.3, 0.4) is 0 Å². The Balaban J connectivity index is 1.58. The molecule has 1 unspecified atom stereocenters. The second-order valence-electron chi connectivity index (χ2n) is 5.28. The topological polar surface area (TPSA) is 31.4 Å². The van der Waals surface area contributed by atoms with Gasteiger partial charge in [-0.05, 0) is 61.4 Å². The summed E-state index contributed by atoms with van der Waals surface area (Å²) < 4.78 is 11.5. The van der Waals surface area contributed by atoms with Crippen molar-refractivity contribution in [3.8, 4) is 29.1 Å². The van der Waals surface area contributed by atoms with E-state index < -0.39 is 0 Å². The minimum atomic E-state index is -0.265. The highest BCUT2D eigenvalue weighted by Gasteiger charge is 2.02. The van der Waals surface area contributed by atoms with E-state index >= 15 is 0 Å². The summed E-state index contributed by atoms with van der Waals surface area (Å²) in [5.74, 6) is 8.26. The monoisotopic (exact) mass is 349 g/mol. The van der Waals surface area contributed by atoms with Gasteiger partial charge in [0.15, 0.2) is 6.10 Å². The predicted molar refractivity (Wildman–Crippen MR) is 99.2 cm³/mol. The van der Waals surface area contributed by atoms with Gasteiger partial charge >= 0.3 is 0 Å². The van der Waals surface area contributed by atoms with Crippen LogP contribution >= 0.6 is 11.6 Å². The average molecular weight is 350 g/mol. The maximum Gasteiger partial charge on any atom is 0.156 e. The van der Waals surface area contributed by atoms with Gasteiger partial charge in [-0.2, -0.15) is 0 Å². The summed E-state index contributed by atoms with van der Waals surface area (Å²) in [6.45, 7) is 1.89. The fourth-order valence-corrected chi connectivity index (χ4v) is 2.18. The predicted octanol–water partition coefficient (Wildman–Crippen LogP) is 5.35. The van der Waals surface area contributed by atoms with E-state index in [0.29, 0.717) is 10.7 Å². The fourth-order valence-electron chi connectivity index (χ4n) is 2.07. The summed E-state index contributed by atoms with van der Waals surface area (Å²) in [7, 11) is 0. The number of halogens is 1. The second-order valence-corrected chi connectivity index (χ2v) is 5.71. The van der Waals surface area contributed by atoms with E-state index in [9.17, 15) is 0 Å². The first-order chi connectivity index (χ1) is 12.2. The van der Waals surface area contributed by atoms with Gasteiger partial charge in [0.05, 0.1) is 5.02 Å². The maximum atomic E-state index is 5.80. The van der Waals surface area contributed by atoms with Crippen molar-refractivity contribution in [3.63, 3.8) is 0 Å². The SMILES string of the molecule is CC(C#Cc1ccc(Cl)cn1)Oc1ccc(Oc2ccccc2)cc1. The molecule has 0 aliphatic carbocycles. The quantitative estimate of drug-likeness (QED) is 0.595. The van der Waals surface area contributed by atoms with E-state index in [2.05, 4.69) is 16.8 Å². The summed E-state index contributed by atoms with van der Waals surface area (Å²) in [5.41, 5.74) is 0.659. The van der Waals surface area contributed by atoms with Crippen LogP contribution in [0, 0.1) is 11.8 Å². The Morgan fingerprint density at radius 2 is 1.56 bits per heavy atom. The minimum Gasteiger partial charge on any atom is -0.478 e. The van der Waals surface area contributed by atoms with E-state index in [1.807, 2.05) is 61.5 Å². The zero-order chi connectivity index (χ0) is 17.5. The summed E-state index contributed by atoms with van der Waals surface area (Å²) in [5, 5.41) is 0.590. The Morgan fingerprint density at radius 1 is 0.880 bits per heavy atom. The third-order valence-corrected chi connectivity index (χ3v) is 3.47. The molecule has 0 fully saturated rings. The van der Waals surface area contributed by atoms with Gasteiger partial charge in [0.25, 0.3) is 0 Å². The van der Waals surface area contributed by atoms with Crippen molar-refractivity contribution in [1.29, 1.82) is 0 Å². The number of nitrogens with zero attached hydrogens (tertiary/aromatic N) is 1. The molecule has 0 N–H and O–H groups in total. The molecule has 0 radical (unpaired) electrons. The second kappa shape index (κ2) is 8.23. The lowest BCUT2D eigenvalue weighted by Gasteiger charge is -2.10. The Morgan fingerprint density at radius 3 is 2.24 bits per heavy atom. The molecular formula is C21H16ClNO2. The highest BCUT2D eigenvalue weighted by Crippen LogP contribution is 2.23. The molecule has 25 heavy (non-hydrogen) atoms. The molecule has 0 aliphatic rings. The lowest BCUT2D eigenvalue weighted by molar-refractivity contribution is 0.278. The number of pyridine rings is 1. The first-order valence-corrected chi connectivity index (χ1v) is 8.19. The van der Waals surface area contributed by atoms with Crippen molar-refractivity contribution in [3.05, 3.63) is 83.6 Å². The van der Waals surface area contributed by atoms with E-state index in [4.69, 9.17) is 21.1 Å². The van der Waals surface area contributed by atoms with Crippen LogP contribution in [0.2, 0.25) is 5.02 Å². The minimum absolute atomic E-state index is 0.265. The molecule has 0 bridgehead atoms. The molecule has 3 rings (SSSR count). The molecule has 4 heteroatoms. The molecule has 1 aromatic heterocycles. The maximum absolute atomic E-state index is 5.80. The van der Waals surface area contributed by atoms with Crippen LogP contribution in [-0.2, 0) is 0 Å².